The number of aryl methyl sites for hydroxylation is 1. The van der Waals surface area contributed by atoms with Gasteiger partial charge in [0.15, 0.2) is 5.82 Å². The van der Waals surface area contributed by atoms with Gasteiger partial charge in [-0.2, -0.15) is 0 Å². The van der Waals surface area contributed by atoms with Crippen molar-refractivity contribution in [2.45, 2.75) is 44.9 Å². The van der Waals surface area contributed by atoms with Gasteiger partial charge in [0, 0.05) is 21.8 Å². The van der Waals surface area contributed by atoms with Crippen LogP contribution >= 0.6 is 11.6 Å². The average Bonchev–Trinajstić information content (AvgIpc) is 2.84. The molecule has 0 aliphatic carbocycles. The Hall–Kier alpha value is -2.97. The summed E-state index contributed by atoms with van der Waals surface area (Å²) >= 11 is 6.25. The molecule has 3 aromatic carbocycles. The van der Waals surface area contributed by atoms with E-state index in [-0.39, 0.29) is 0 Å². The second-order valence-electron chi connectivity index (χ2n) is 8.23. The summed E-state index contributed by atoms with van der Waals surface area (Å²) in [6, 6.07) is 31.1. The third-order valence-corrected chi connectivity index (χ3v) is 6.06. The average molecular weight is 441 g/mol. The molecule has 0 N–H and O–H groups in total. The number of rotatable bonds is 9. The Morgan fingerprint density at radius 3 is 2.16 bits per heavy atom. The number of hydrogen-bond donors (Lipinski definition) is 0. The second kappa shape index (κ2) is 11.1. The van der Waals surface area contributed by atoms with Crippen LogP contribution in [0.15, 0.2) is 91.0 Å². The van der Waals surface area contributed by atoms with Gasteiger partial charge in [0.25, 0.3) is 0 Å². The van der Waals surface area contributed by atoms with Crippen molar-refractivity contribution in [2.75, 3.05) is 0 Å². The maximum absolute atomic E-state index is 6.25. The summed E-state index contributed by atoms with van der Waals surface area (Å²) in [6.07, 6.45) is 5.48. The first kappa shape index (κ1) is 22.2. The molecule has 0 aliphatic rings. The van der Waals surface area contributed by atoms with Crippen LogP contribution < -0.4 is 0 Å². The molecule has 2 nitrogen and oxygen atoms in total. The summed E-state index contributed by atoms with van der Waals surface area (Å²) in [5.41, 5.74) is 5.59. The van der Waals surface area contributed by atoms with Crippen molar-refractivity contribution in [3.63, 3.8) is 0 Å². The van der Waals surface area contributed by atoms with Crippen LogP contribution in [-0.4, -0.2) is 9.97 Å². The summed E-state index contributed by atoms with van der Waals surface area (Å²) in [5, 5.41) is 0.819. The minimum absolute atomic E-state index is 0.530. The predicted molar refractivity (Wildman–Crippen MR) is 135 cm³/mol. The van der Waals surface area contributed by atoms with Crippen LogP contribution in [0.4, 0.5) is 0 Å². The van der Waals surface area contributed by atoms with Gasteiger partial charge in [0.2, 0.25) is 0 Å². The number of aromatic nitrogens is 2. The molecule has 0 saturated carbocycles. The van der Waals surface area contributed by atoms with E-state index in [0.717, 1.165) is 52.6 Å². The Balaban J connectivity index is 1.56. The highest BCUT2D eigenvalue weighted by Gasteiger charge is 2.13. The minimum Gasteiger partial charge on any atom is -0.233 e. The third-order valence-electron chi connectivity index (χ3n) is 5.82. The van der Waals surface area contributed by atoms with Gasteiger partial charge in [-0.1, -0.05) is 97.7 Å². The molecular formula is C29H29ClN2. The van der Waals surface area contributed by atoms with Gasteiger partial charge >= 0.3 is 0 Å². The number of benzene rings is 3. The third kappa shape index (κ3) is 5.83. The lowest BCUT2D eigenvalue weighted by atomic mass is 9.89. The van der Waals surface area contributed by atoms with Gasteiger partial charge < -0.3 is 0 Å². The highest BCUT2D eigenvalue weighted by molar-refractivity contribution is 6.30. The van der Waals surface area contributed by atoms with E-state index in [1.54, 1.807) is 0 Å². The maximum Gasteiger partial charge on any atom is 0.160 e. The smallest absolute Gasteiger partial charge is 0.160 e. The lowest BCUT2D eigenvalue weighted by Gasteiger charge is -2.17. The van der Waals surface area contributed by atoms with Crippen molar-refractivity contribution >= 4 is 11.6 Å². The largest absolute Gasteiger partial charge is 0.233 e. The highest BCUT2D eigenvalue weighted by Crippen LogP contribution is 2.29. The van der Waals surface area contributed by atoms with Crippen molar-refractivity contribution in [1.82, 2.24) is 9.97 Å². The Morgan fingerprint density at radius 2 is 1.47 bits per heavy atom. The predicted octanol–water partition coefficient (Wildman–Crippen LogP) is 8.37. The van der Waals surface area contributed by atoms with Gasteiger partial charge in [-0.3, -0.25) is 0 Å². The van der Waals surface area contributed by atoms with E-state index in [0.29, 0.717) is 5.92 Å². The first-order valence-electron chi connectivity index (χ1n) is 11.5. The maximum atomic E-state index is 6.25. The molecule has 1 aromatic heterocycles. The van der Waals surface area contributed by atoms with Gasteiger partial charge in [-0.15, -0.1) is 0 Å². The number of hydrogen-bond acceptors (Lipinski definition) is 2. The lowest BCUT2D eigenvalue weighted by Crippen LogP contribution is -2.02. The van der Waals surface area contributed by atoms with Gasteiger partial charge in [-0.05, 0) is 55.4 Å². The van der Waals surface area contributed by atoms with Crippen molar-refractivity contribution < 1.29 is 0 Å². The fourth-order valence-electron chi connectivity index (χ4n) is 4.21. The van der Waals surface area contributed by atoms with E-state index in [2.05, 4.69) is 67.6 Å². The van der Waals surface area contributed by atoms with Gasteiger partial charge in [0.05, 0.1) is 5.69 Å². The van der Waals surface area contributed by atoms with E-state index in [1.807, 2.05) is 30.3 Å². The van der Waals surface area contributed by atoms with E-state index >= 15 is 0 Å². The van der Waals surface area contributed by atoms with Gasteiger partial charge in [0.1, 0.15) is 0 Å². The Bertz CT molecular complexity index is 1070. The van der Waals surface area contributed by atoms with Gasteiger partial charge in [-0.25, -0.2) is 9.97 Å². The van der Waals surface area contributed by atoms with Crippen LogP contribution in [0, 0.1) is 0 Å². The highest BCUT2D eigenvalue weighted by atomic mass is 35.5. The first-order chi connectivity index (χ1) is 15.7. The molecule has 0 bridgehead atoms. The van der Waals surface area contributed by atoms with Crippen molar-refractivity contribution in [3.8, 4) is 22.6 Å². The quantitative estimate of drug-likeness (QED) is 0.261. The molecule has 4 aromatic rings. The number of halogens is 1. The van der Waals surface area contributed by atoms with Crippen molar-refractivity contribution in [1.29, 1.82) is 0 Å². The molecule has 4 rings (SSSR count). The van der Waals surface area contributed by atoms with E-state index in [4.69, 9.17) is 21.6 Å². The molecule has 0 spiro atoms. The monoisotopic (exact) mass is 440 g/mol. The normalized spacial score (nSPS) is 11.9. The molecule has 1 unspecified atom stereocenters. The fourth-order valence-corrected chi connectivity index (χ4v) is 4.41. The fraction of sp³-hybridized carbons (Fsp3) is 0.241. The van der Waals surface area contributed by atoms with Crippen LogP contribution in [-0.2, 0) is 6.42 Å². The summed E-state index contributed by atoms with van der Waals surface area (Å²) in [4.78, 5) is 9.80. The molecule has 162 valence electrons. The summed E-state index contributed by atoms with van der Waals surface area (Å²) < 4.78 is 0. The Morgan fingerprint density at radius 1 is 0.750 bits per heavy atom. The molecule has 3 heteroatoms. The molecule has 0 aliphatic heterocycles. The zero-order valence-corrected chi connectivity index (χ0v) is 19.3. The molecule has 32 heavy (non-hydrogen) atoms. The SMILES string of the molecule is CCCC(CCCc1cc(-c2ccccc2)nc(-c2ccccc2)n1)c1cccc(Cl)c1. The lowest BCUT2D eigenvalue weighted by molar-refractivity contribution is 0.543. The van der Waals surface area contributed by atoms with E-state index in [1.165, 1.54) is 18.4 Å². The number of nitrogens with zero attached hydrogens (tertiary/aromatic N) is 2. The standard InChI is InChI=1S/C29H29ClN2/c1-2-11-22(25-17-9-18-26(30)20-25)16-10-19-27-21-28(23-12-5-3-6-13-23)32-29(31-27)24-14-7-4-8-15-24/h3-9,12-15,17-18,20-22H,2,10-11,16,19H2,1H3. The van der Waals surface area contributed by atoms with Crippen LogP contribution in [0.3, 0.4) is 0 Å². The first-order valence-corrected chi connectivity index (χ1v) is 11.8. The zero-order chi connectivity index (χ0) is 22.2. The van der Waals surface area contributed by atoms with Crippen LogP contribution in [0.5, 0.6) is 0 Å². The van der Waals surface area contributed by atoms with Crippen LogP contribution in [0.1, 0.15) is 49.8 Å². The molecule has 0 radical (unpaired) electrons. The molecular weight excluding hydrogens is 412 g/mol. The van der Waals surface area contributed by atoms with E-state index < -0.39 is 0 Å². The topological polar surface area (TPSA) is 25.8 Å². The van der Waals surface area contributed by atoms with E-state index in [9.17, 15) is 0 Å². The summed E-state index contributed by atoms with van der Waals surface area (Å²) in [5.74, 6) is 1.32. The zero-order valence-electron chi connectivity index (χ0n) is 18.5. The van der Waals surface area contributed by atoms with Crippen LogP contribution in [0.25, 0.3) is 22.6 Å². The van der Waals surface area contributed by atoms with Crippen molar-refractivity contribution in [2.24, 2.45) is 0 Å². The molecule has 1 heterocycles. The summed E-state index contributed by atoms with van der Waals surface area (Å²) in [6.45, 7) is 2.25. The molecule has 1 atom stereocenters. The Kier molecular flexibility index (Phi) is 7.68. The van der Waals surface area contributed by atoms with Crippen LogP contribution in [0.2, 0.25) is 5.02 Å². The minimum atomic E-state index is 0.530. The molecule has 0 fully saturated rings. The summed E-state index contributed by atoms with van der Waals surface area (Å²) in [7, 11) is 0. The molecule has 0 saturated heterocycles. The molecule has 0 amide bonds. The van der Waals surface area contributed by atoms with Crippen molar-refractivity contribution in [3.05, 3.63) is 107 Å². The Labute approximate surface area is 196 Å². The second-order valence-corrected chi connectivity index (χ2v) is 8.67.